The first-order valence-electron chi connectivity index (χ1n) is 4.37. The average molecular weight is 179 g/mol. The van der Waals surface area contributed by atoms with Crippen LogP contribution >= 0.6 is 0 Å². The second-order valence-electron chi connectivity index (χ2n) is 3.50. The minimum absolute atomic E-state index is 0.237. The van der Waals surface area contributed by atoms with Crippen LogP contribution in [0.3, 0.4) is 0 Å². The number of para-hydroxylation sites is 1. The van der Waals surface area contributed by atoms with Gasteiger partial charge in [0, 0.05) is 13.0 Å². The largest absolute Gasteiger partial charge is 0.490 e. The fourth-order valence-corrected chi connectivity index (χ4v) is 1.54. The molecule has 0 saturated heterocycles. The van der Waals surface area contributed by atoms with Crippen LogP contribution in [0.2, 0.25) is 0 Å². The Hall–Kier alpha value is -1.06. The Balaban J connectivity index is 2.29. The molecule has 3 N–H and O–H groups in total. The van der Waals surface area contributed by atoms with E-state index in [4.69, 9.17) is 10.5 Å². The molecule has 0 bridgehead atoms. The van der Waals surface area contributed by atoms with Crippen molar-refractivity contribution in [1.82, 2.24) is 0 Å². The summed E-state index contributed by atoms with van der Waals surface area (Å²) in [6.07, 6.45) is 0.583. The van der Waals surface area contributed by atoms with Gasteiger partial charge in [0.1, 0.15) is 18.0 Å². The lowest BCUT2D eigenvalue weighted by Crippen LogP contribution is -2.47. The zero-order valence-electron chi connectivity index (χ0n) is 7.36. The highest BCUT2D eigenvalue weighted by Crippen LogP contribution is 2.28. The molecule has 0 fully saturated rings. The Morgan fingerprint density at radius 3 is 3.00 bits per heavy atom. The van der Waals surface area contributed by atoms with Gasteiger partial charge < -0.3 is 15.6 Å². The molecule has 0 aromatic heterocycles. The molecule has 0 radical (unpaired) electrons. The van der Waals surface area contributed by atoms with Crippen molar-refractivity contribution in [3.8, 4) is 5.75 Å². The highest BCUT2D eigenvalue weighted by atomic mass is 16.5. The molecule has 1 aromatic rings. The third-order valence-corrected chi connectivity index (χ3v) is 2.37. The molecule has 0 amide bonds. The molecule has 1 atom stereocenters. The summed E-state index contributed by atoms with van der Waals surface area (Å²) < 4.78 is 5.40. The summed E-state index contributed by atoms with van der Waals surface area (Å²) in [5, 5.41) is 9.88. The zero-order valence-corrected chi connectivity index (χ0v) is 7.36. The fraction of sp³-hybridized carbons (Fsp3) is 0.400. The molecular formula is C10H13NO2. The molecule has 1 aliphatic rings. The van der Waals surface area contributed by atoms with Gasteiger partial charge in [0.05, 0.1) is 0 Å². The van der Waals surface area contributed by atoms with Crippen molar-refractivity contribution in [3.63, 3.8) is 0 Å². The van der Waals surface area contributed by atoms with Gasteiger partial charge in [0.15, 0.2) is 0 Å². The van der Waals surface area contributed by atoms with Gasteiger partial charge in [-0.15, -0.1) is 0 Å². The van der Waals surface area contributed by atoms with Crippen LogP contribution in [0.1, 0.15) is 5.56 Å². The number of aliphatic hydroxyl groups is 1. The standard InChI is InChI=1S/C10H13NO2/c11-6-10(12)5-8-3-1-2-4-9(8)13-7-10/h1-4,12H,5-7,11H2/t10-/m0/s1. The van der Waals surface area contributed by atoms with Crippen LogP contribution in [-0.4, -0.2) is 23.9 Å². The van der Waals surface area contributed by atoms with Gasteiger partial charge in [-0.1, -0.05) is 18.2 Å². The summed E-state index contributed by atoms with van der Waals surface area (Å²) in [7, 11) is 0. The maximum atomic E-state index is 9.88. The van der Waals surface area contributed by atoms with Crippen molar-refractivity contribution in [1.29, 1.82) is 0 Å². The molecule has 1 aliphatic heterocycles. The predicted molar refractivity (Wildman–Crippen MR) is 49.6 cm³/mol. The van der Waals surface area contributed by atoms with E-state index >= 15 is 0 Å². The maximum absolute atomic E-state index is 9.88. The zero-order chi connectivity index (χ0) is 9.31. The summed E-state index contributed by atoms with van der Waals surface area (Å²) in [6, 6.07) is 7.72. The molecule has 0 aliphatic carbocycles. The number of rotatable bonds is 1. The SMILES string of the molecule is NC[C@]1(O)COc2ccccc2C1. The van der Waals surface area contributed by atoms with Crippen molar-refractivity contribution in [2.75, 3.05) is 13.2 Å². The van der Waals surface area contributed by atoms with Crippen LogP contribution in [0.25, 0.3) is 0 Å². The smallest absolute Gasteiger partial charge is 0.122 e. The molecule has 1 aromatic carbocycles. The fourth-order valence-electron chi connectivity index (χ4n) is 1.54. The summed E-state index contributed by atoms with van der Waals surface area (Å²) in [5.41, 5.74) is 5.61. The molecule has 0 spiro atoms. The van der Waals surface area contributed by atoms with Crippen LogP contribution in [-0.2, 0) is 6.42 Å². The summed E-state index contributed by atoms with van der Waals surface area (Å²) in [6.45, 7) is 0.530. The van der Waals surface area contributed by atoms with Gasteiger partial charge in [0.25, 0.3) is 0 Å². The van der Waals surface area contributed by atoms with E-state index in [9.17, 15) is 5.11 Å². The molecular weight excluding hydrogens is 166 g/mol. The molecule has 1 heterocycles. The van der Waals surface area contributed by atoms with Crippen LogP contribution in [0, 0.1) is 0 Å². The highest BCUT2D eigenvalue weighted by molar-refractivity contribution is 5.36. The monoisotopic (exact) mass is 179 g/mol. The number of fused-ring (bicyclic) bond motifs is 1. The van der Waals surface area contributed by atoms with E-state index in [1.54, 1.807) is 0 Å². The lowest BCUT2D eigenvalue weighted by Gasteiger charge is -2.32. The van der Waals surface area contributed by atoms with E-state index in [0.717, 1.165) is 11.3 Å². The second kappa shape index (κ2) is 3.01. The van der Waals surface area contributed by atoms with Gasteiger partial charge in [-0.25, -0.2) is 0 Å². The van der Waals surface area contributed by atoms with Gasteiger partial charge >= 0.3 is 0 Å². The lowest BCUT2D eigenvalue weighted by molar-refractivity contribution is -0.00898. The Labute approximate surface area is 77.1 Å². The number of hydrogen-bond acceptors (Lipinski definition) is 3. The quantitative estimate of drug-likeness (QED) is 0.652. The van der Waals surface area contributed by atoms with E-state index in [1.807, 2.05) is 24.3 Å². The summed E-state index contributed by atoms with van der Waals surface area (Å²) in [5.74, 6) is 0.862. The van der Waals surface area contributed by atoms with Crippen molar-refractivity contribution in [2.24, 2.45) is 5.73 Å². The van der Waals surface area contributed by atoms with E-state index < -0.39 is 5.60 Å². The predicted octanol–water partition coefficient (Wildman–Crippen LogP) is 0.311. The van der Waals surface area contributed by atoms with E-state index in [-0.39, 0.29) is 6.54 Å². The first-order valence-corrected chi connectivity index (χ1v) is 4.37. The minimum Gasteiger partial charge on any atom is -0.490 e. The Bertz CT molecular complexity index is 314. The first kappa shape index (κ1) is 8.53. The third-order valence-electron chi connectivity index (χ3n) is 2.37. The van der Waals surface area contributed by atoms with Gasteiger partial charge in [-0.2, -0.15) is 0 Å². The maximum Gasteiger partial charge on any atom is 0.122 e. The molecule has 3 nitrogen and oxygen atoms in total. The van der Waals surface area contributed by atoms with Crippen LogP contribution in [0.15, 0.2) is 24.3 Å². The van der Waals surface area contributed by atoms with Crippen LogP contribution in [0.5, 0.6) is 5.75 Å². The number of nitrogens with two attached hydrogens (primary N) is 1. The molecule has 2 rings (SSSR count). The van der Waals surface area contributed by atoms with Gasteiger partial charge in [-0.3, -0.25) is 0 Å². The number of hydrogen-bond donors (Lipinski definition) is 2. The number of ether oxygens (including phenoxy) is 1. The number of benzene rings is 1. The average Bonchev–Trinajstić information content (AvgIpc) is 2.18. The van der Waals surface area contributed by atoms with Crippen LogP contribution in [0.4, 0.5) is 0 Å². The molecule has 0 saturated carbocycles. The molecule has 3 heteroatoms. The first-order chi connectivity index (χ1) is 6.23. The Morgan fingerprint density at radius 2 is 2.23 bits per heavy atom. The van der Waals surface area contributed by atoms with E-state index in [1.165, 1.54) is 0 Å². The second-order valence-corrected chi connectivity index (χ2v) is 3.50. The van der Waals surface area contributed by atoms with Crippen molar-refractivity contribution in [3.05, 3.63) is 29.8 Å². The van der Waals surface area contributed by atoms with E-state index in [0.29, 0.717) is 13.0 Å². The molecule has 70 valence electrons. The van der Waals surface area contributed by atoms with Crippen molar-refractivity contribution < 1.29 is 9.84 Å². The third kappa shape index (κ3) is 1.53. The summed E-state index contributed by atoms with van der Waals surface area (Å²) in [4.78, 5) is 0. The van der Waals surface area contributed by atoms with Crippen molar-refractivity contribution >= 4 is 0 Å². The van der Waals surface area contributed by atoms with E-state index in [2.05, 4.69) is 0 Å². The molecule has 0 unspecified atom stereocenters. The van der Waals surface area contributed by atoms with Gasteiger partial charge in [0.2, 0.25) is 0 Å². The van der Waals surface area contributed by atoms with Crippen molar-refractivity contribution in [2.45, 2.75) is 12.0 Å². The summed E-state index contributed by atoms with van der Waals surface area (Å²) >= 11 is 0. The topological polar surface area (TPSA) is 55.5 Å². The molecule has 13 heavy (non-hydrogen) atoms. The Kier molecular flexibility index (Phi) is 1.98. The van der Waals surface area contributed by atoms with Gasteiger partial charge in [-0.05, 0) is 11.6 Å². The normalized spacial score (nSPS) is 26.3. The Morgan fingerprint density at radius 1 is 1.46 bits per heavy atom. The van der Waals surface area contributed by atoms with Crippen LogP contribution < -0.4 is 10.5 Å². The lowest BCUT2D eigenvalue weighted by atomic mass is 9.92. The highest BCUT2D eigenvalue weighted by Gasteiger charge is 2.31. The minimum atomic E-state index is -0.881.